The Morgan fingerprint density at radius 1 is 1.11 bits per heavy atom. The van der Waals surface area contributed by atoms with E-state index in [0.717, 1.165) is 50.6 Å². The third-order valence-corrected chi connectivity index (χ3v) is 6.61. The van der Waals surface area contributed by atoms with Gasteiger partial charge in [-0.3, -0.25) is 4.90 Å². The molecule has 152 valence electrons. The number of alkyl halides is 3. The standard InChI is InChI=1S/C19H24F3N5S/c20-19(21,22)16-9-17(24-12-23-16)25-14-5-7-27(8-6-14)10-15-11-28-18(26-15)13-3-1-2-4-13/h9,11-14H,1-8,10H2,(H,23,24,25). The molecule has 9 heteroatoms. The van der Waals surface area contributed by atoms with Crippen molar-refractivity contribution in [1.82, 2.24) is 19.9 Å². The van der Waals surface area contributed by atoms with Crippen molar-refractivity contribution in [3.05, 3.63) is 34.2 Å². The van der Waals surface area contributed by atoms with Crippen molar-refractivity contribution in [2.45, 2.75) is 63.2 Å². The molecule has 0 radical (unpaired) electrons. The van der Waals surface area contributed by atoms with Crippen molar-refractivity contribution in [2.75, 3.05) is 18.4 Å². The summed E-state index contributed by atoms with van der Waals surface area (Å²) in [7, 11) is 0. The fourth-order valence-corrected chi connectivity index (χ4v) is 5.00. The number of nitrogens with zero attached hydrogens (tertiary/aromatic N) is 4. The van der Waals surface area contributed by atoms with Crippen LogP contribution in [0.25, 0.3) is 0 Å². The SMILES string of the molecule is FC(F)(F)c1cc(NC2CCN(Cc3csc(C4CCCC4)n3)CC2)ncn1. The van der Waals surface area contributed by atoms with Crippen LogP contribution in [0.4, 0.5) is 19.0 Å². The van der Waals surface area contributed by atoms with Crippen molar-refractivity contribution < 1.29 is 13.2 Å². The molecule has 1 saturated carbocycles. The molecule has 1 saturated heterocycles. The second-order valence-electron chi connectivity index (χ2n) is 7.64. The molecule has 28 heavy (non-hydrogen) atoms. The Labute approximate surface area is 166 Å². The maximum Gasteiger partial charge on any atom is 0.433 e. The fraction of sp³-hybridized carbons (Fsp3) is 0.632. The minimum atomic E-state index is -4.45. The number of anilines is 1. The van der Waals surface area contributed by atoms with E-state index in [-0.39, 0.29) is 11.9 Å². The third kappa shape index (κ3) is 4.81. The monoisotopic (exact) mass is 411 g/mol. The Morgan fingerprint density at radius 3 is 2.57 bits per heavy atom. The number of hydrogen-bond donors (Lipinski definition) is 1. The Morgan fingerprint density at radius 2 is 1.86 bits per heavy atom. The number of likely N-dealkylation sites (tertiary alicyclic amines) is 1. The molecule has 0 aromatic carbocycles. The maximum atomic E-state index is 12.8. The van der Waals surface area contributed by atoms with Crippen LogP contribution in [0.3, 0.4) is 0 Å². The topological polar surface area (TPSA) is 53.9 Å². The van der Waals surface area contributed by atoms with E-state index in [1.165, 1.54) is 30.7 Å². The molecule has 0 spiro atoms. The van der Waals surface area contributed by atoms with Gasteiger partial charge in [-0.25, -0.2) is 15.0 Å². The van der Waals surface area contributed by atoms with Gasteiger partial charge in [0.25, 0.3) is 0 Å². The molecule has 3 heterocycles. The quantitative estimate of drug-likeness (QED) is 0.774. The zero-order valence-corrected chi connectivity index (χ0v) is 16.4. The van der Waals surface area contributed by atoms with Crippen LogP contribution in [0.15, 0.2) is 17.8 Å². The predicted octanol–water partition coefficient (Wildman–Crippen LogP) is 4.69. The van der Waals surface area contributed by atoms with Gasteiger partial charge in [0.2, 0.25) is 0 Å². The molecule has 2 aromatic heterocycles. The minimum Gasteiger partial charge on any atom is -0.367 e. The molecule has 2 aliphatic rings. The van der Waals surface area contributed by atoms with Crippen molar-refractivity contribution in [1.29, 1.82) is 0 Å². The lowest BCUT2D eigenvalue weighted by atomic mass is 10.0. The molecule has 1 aliphatic carbocycles. The van der Waals surface area contributed by atoms with E-state index in [0.29, 0.717) is 5.92 Å². The summed E-state index contributed by atoms with van der Waals surface area (Å²) < 4.78 is 38.3. The summed E-state index contributed by atoms with van der Waals surface area (Å²) in [6, 6.07) is 1.10. The summed E-state index contributed by atoms with van der Waals surface area (Å²) in [4.78, 5) is 14.4. The van der Waals surface area contributed by atoms with E-state index in [1.54, 1.807) is 11.3 Å². The van der Waals surface area contributed by atoms with E-state index < -0.39 is 11.9 Å². The highest BCUT2D eigenvalue weighted by Crippen LogP contribution is 2.35. The Hall–Kier alpha value is -1.74. The average Bonchev–Trinajstić information content (AvgIpc) is 3.35. The molecule has 2 fully saturated rings. The van der Waals surface area contributed by atoms with E-state index in [1.807, 2.05) is 0 Å². The largest absolute Gasteiger partial charge is 0.433 e. The Kier molecular flexibility index (Phi) is 5.82. The summed E-state index contributed by atoms with van der Waals surface area (Å²) in [5.74, 6) is 0.893. The van der Waals surface area contributed by atoms with Gasteiger partial charge < -0.3 is 5.32 Å². The first kappa shape index (κ1) is 19.6. The zero-order chi connectivity index (χ0) is 19.6. The molecule has 0 bridgehead atoms. The van der Waals surface area contributed by atoms with Crippen molar-refractivity contribution >= 4 is 17.2 Å². The lowest BCUT2D eigenvalue weighted by Crippen LogP contribution is -2.38. The van der Waals surface area contributed by atoms with Gasteiger partial charge >= 0.3 is 6.18 Å². The molecule has 0 amide bonds. The molecule has 2 aromatic rings. The Bertz CT molecular complexity index is 780. The van der Waals surface area contributed by atoms with Gasteiger partial charge in [-0.05, 0) is 25.7 Å². The van der Waals surface area contributed by atoms with Crippen LogP contribution in [-0.2, 0) is 12.7 Å². The normalized spacial score (nSPS) is 20.0. The molecule has 1 N–H and O–H groups in total. The molecular weight excluding hydrogens is 387 g/mol. The molecule has 0 unspecified atom stereocenters. The van der Waals surface area contributed by atoms with Crippen LogP contribution in [0.1, 0.15) is 60.8 Å². The van der Waals surface area contributed by atoms with Crippen LogP contribution in [0.5, 0.6) is 0 Å². The smallest absolute Gasteiger partial charge is 0.367 e. The van der Waals surface area contributed by atoms with Crippen LogP contribution >= 0.6 is 11.3 Å². The first-order valence-corrected chi connectivity index (χ1v) is 10.7. The van der Waals surface area contributed by atoms with Crippen LogP contribution < -0.4 is 5.32 Å². The third-order valence-electron chi connectivity index (χ3n) is 5.56. The van der Waals surface area contributed by atoms with E-state index in [9.17, 15) is 13.2 Å². The molecular formula is C19H24F3N5S. The summed E-state index contributed by atoms with van der Waals surface area (Å²) in [5, 5.41) is 6.59. The highest BCUT2D eigenvalue weighted by molar-refractivity contribution is 7.09. The minimum absolute atomic E-state index is 0.122. The van der Waals surface area contributed by atoms with Gasteiger partial charge in [0.1, 0.15) is 17.8 Å². The highest BCUT2D eigenvalue weighted by atomic mass is 32.1. The van der Waals surface area contributed by atoms with Gasteiger partial charge in [-0.15, -0.1) is 11.3 Å². The van der Waals surface area contributed by atoms with Gasteiger partial charge in [-0.2, -0.15) is 13.2 Å². The van der Waals surface area contributed by atoms with Gasteiger partial charge in [0.05, 0.1) is 10.7 Å². The van der Waals surface area contributed by atoms with Crippen molar-refractivity contribution in [2.24, 2.45) is 0 Å². The molecule has 4 rings (SSSR count). The number of halogens is 3. The zero-order valence-electron chi connectivity index (χ0n) is 15.6. The Balaban J connectivity index is 1.27. The van der Waals surface area contributed by atoms with Gasteiger partial charge in [0, 0.05) is 43.0 Å². The van der Waals surface area contributed by atoms with Crippen molar-refractivity contribution in [3.63, 3.8) is 0 Å². The molecule has 1 aliphatic heterocycles. The fourth-order valence-electron chi connectivity index (χ4n) is 4.02. The molecule has 5 nitrogen and oxygen atoms in total. The number of thiazole rings is 1. The lowest BCUT2D eigenvalue weighted by Gasteiger charge is -2.32. The number of nitrogens with one attached hydrogen (secondary N) is 1. The molecule has 0 atom stereocenters. The van der Waals surface area contributed by atoms with Crippen molar-refractivity contribution in [3.8, 4) is 0 Å². The van der Waals surface area contributed by atoms with E-state index in [2.05, 4.69) is 25.6 Å². The number of hydrogen-bond acceptors (Lipinski definition) is 6. The van der Waals surface area contributed by atoms with Gasteiger partial charge in [-0.1, -0.05) is 12.8 Å². The second-order valence-corrected chi connectivity index (χ2v) is 8.53. The summed E-state index contributed by atoms with van der Waals surface area (Å²) in [6.07, 6.45) is 3.41. The van der Waals surface area contributed by atoms with E-state index in [4.69, 9.17) is 4.98 Å². The van der Waals surface area contributed by atoms with Crippen LogP contribution in [0, 0.1) is 0 Å². The highest BCUT2D eigenvalue weighted by Gasteiger charge is 2.33. The maximum absolute atomic E-state index is 12.8. The summed E-state index contributed by atoms with van der Waals surface area (Å²) in [6.45, 7) is 2.64. The van der Waals surface area contributed by atoms with Gasteiger partial charge in [0.15, 0.2) is 0 Å². The summed E-state index contributed by atoms with van der Waals surface area (Å²) >= 11 is 1.78. The van der Waals surface area contributed by atoms with E-state index >= 15 is 0 Å². The van der Waals surface area contributed by atoms with Crippen LogP contribution in [0.2, 0.25) is 0 Å². The number of piperidine rings is 1. The first-order chi connectivity index (χ1) is 13.5. The average molecular weight is 411 g/mol. The number of aromatic nitrogens is 3. The number of rotatable bonds is 5. The second kappa shape index (κ2) is 8.32. The first-order valence-electron chi connectivity index (χ1n) is 9.80. The lowest BCUT2D eigenvalue weighted by molar-refractivity contribution is -0.141. The van der Waals surface area contributed by atoms with Crippen LogP contribution in [-0.4, -0.2) is 39.0 Å². The predicted molar refractivity (Wildman–Crippen MR) is 102 cm³/mol. The summed E-state index contributed by atoms with van der Waals surface area (Å²) in [5.41, 5.74) is 0.230.